The molecule has 1 amide bonds. The number of amides is 1. The summed E-state index contributed by atoms with van der Waals surface area (Å²) in [4.78, 5) is 13.2. The number of rotatable bonds is 7. The van der Waals surface area contributed by atoms with Crippen molar-refractivity contribution in [3.05, 3.63) is 35.9 Å². The molecule has 0 aliphatic rings. The molecule has 7 heteroatoms. The van der Waals surface area contributed by atoms with Crippen molar-refractivity contribution in [2.45, 2.75) is 12.7 Å². The lowest BCUT2D eigenvalue weighted by atomic mass is 10.2. The Balaban J connectivity index is 2.50. The molecule has 0 saturated carbocycles. The molecule has 0 aliphatic heterocycles. The quantitative estimate of drug-likeness (QED) is 0.829. The van der Waals surface area contributed by atoms with E-state index >= 15 is 0 Å². The summed E-state index contributed by atoms with van der Waals surface area (Å²) in [5.41, 5.74) is 6.28. The summed E-state index contributed by atoms with van der Waals surface area (Å²) in [6, 6.07) is 9.13. The smallest absolute Gasteiger partial charge is 0.362 e. The van der Waals surface area contributed by atoms with Crippen molar-refractivity contribution in [2.75, 3.05) is 26.3 Å². The van der Waals surface area contributed by atoms with Gasteiger partial charge in [-0.1, -0.05) is 30.3 Å². The second kappa shape index (κ2) is 7.86. The van der Waals surface area contributed by atoms with Gasteiger partial charge in [-0.2, -0.15) is 13.2 Å². The molecule has 0 fully saturated rings. The summed E-state index contributed by atoms with van der Waals surface area (Å²) >= 11 is 0. The van der Waals surface area contributed by atoms with Crippen LogP contribution in [0, 0.1) is 0 Å². The van der Waals surface area contributed by atoms with E-state index in [1.165, 1.54) is 4.90 Å². The van der Waals surface area contributed by atoms with E-state index in [4.69, 9.17) is 5.73 Å². The van der Waals surface area contributed by atoms with Crippen molar-refractivity contribution in [1.29, 1.82) is 0 Å². The molecule has 112 valence electrons. The van der Waals surface area contributed by atoms with E-state index in [1.807, 2.05) is 30.3 Å². The summed E-state index contributed by atoms with van der Waals surface area (Å²) < 4.78 is 40.2. The topological polar surface area (TPSA) is 55.6 Å². The normalized spacial score (nSPS) is 11.4. The first-order valence-electron chi connectivity index (χ1n) is 6.08. The Bertz CT molecular complexity index is 410. The zero-order valence-corrected chi connectivity index (χ0v) is 10.9. The third kappa shape index (κ3) is 6.53. The molecule has 0 radical (unpaired) electrons. The summed E-state index contributed by atoms with van der Waals surface area (Å²) in [5, 5.41) is 0. The summed E-state index contributed by atoms with van der Waals surface area (Å²) in [7, 11) is 0. The van der Waals surface area contributed by atoms with E-state index in [0.717, 1.165) is 5.56 Å². The minimum atomic E-state index is -4.43. The molecule has 20 heavy (non-hydrogen) atoms. The van der Waals surface area contributed by atoms with E-state index in [1.54, 1.807) is 0 Å². The van der Waals surface area contributed by atoms with Crippen LogP contribution in [0.5, 0.6) is 0 Å². The number of carbonyl (C=O) groups excluding carboxylic acids is 1. The minimum absolute atomic E-state index is 0.234. The standard InChI is InChI=1S/C13H17F3N2O2/c14-13(15,16)10-20-9-12(19)18(7-6-17)8-11-4-2-1-3-5-11/h1-5H,6-10,17H2. The van der Waals surface area contributed by atoms with Crippen molar-refractivity contribution >= 4 is 5.91 Å². The predicted octanol–water partition coefficient (Wildman–Crippen LogP) is 1.55. The summed E-state index contributed by atoms with van der Waals surface area (Å²) in [6.07, 6.45) is -4.43. The lowest BCUT2D eigenvalue weighted by Crippen LogP contribution is -2.38. The van der Waals surface area contributed by atoms with Crippen LogP contribution in [-0.4, -0.2) is 43.3 Å². The van der Waals surface area contributed by atoms with E-state index in [2.05, 4.69) is 4.74 Å². The number of nitrogens with two attached hydrogens (primary N) is 1. The Kier molecular flexibility index (Phi) is 6.47. The molecule has 2 N–H and O–H groups in total. The van der Waals surface area contributed by atoms with E-state index in [9.17, 15) is 18.0 Å². The van der Waals surface area contributed by atoms with Gasteiger partial charge in [0.25, 0.3) is 0 Å². The van der Waals surface area contributed by atoms with Gasteiger partial charge in [-0.15, -0.1) is 0 Å². The third-order valence-corrected chi connectivity index (χ3v) is 2.46. The molecule has 4 nitrogen and oxygen atoms in total. The zero-order chi connectivity index (χ0) is 15.0. The number of hydrogen-bond donors (Lipinski definition) is 1. The Morgan fingerprint density at radius 3 is 2.45 bits per heavy atom. The molecule has 0 saturated heterocycles. The minimum Gasteiger partial charge on any atom is -0.362 e. The molecule has 0 aliphatic carbocycles. The van der Waals surface area contributed by atoms with Crippen LogP contribution in [0.15, 0.2) is 30.3 Å². The Morgan fingerprint density at radius 1 is 1.25 bits per heavy atom. The van der Waals surface area contributed by atoms with Gasteiger partial charge in [0.05, 0.1) is 0 Å². The highest BCUT2D eigenvalue weighted by Gasteiger charge is 2.28. The first-order valence-corrected chi connectivity index (χ1v) is 6.08. The molecule has 0 bridgehead atoms. The van der Waals surface area contributed by atoms with Gasteiger partial charge >= 0.3 is 6.18 Å². The van der Waals surface area contributed by atoms with Gasteiger partial charge in [-0.05, 0) is 5.56 Å². The zero-order valence-electron chi connectivity index (χ0n) is 10.9. The van der Waals surface area contributed by atoms with Crippen molar-refractivity contribution in [3.63, 3.8) is 0 Å². The van der Waals surface area contributed by atoms with Crippen molar-refractivity contribution in [2.24, 2.45) is 5.73 Å². The largest absolute Gasteiger partial charge is 0.411 e. The number of ether oxygens (including phenoxy) is 1. The van der Waals surface area contributed by atoms with Gasteiger partial charge in [0.15, 0.2) is 0 Å². The van der Waals surface area contributed by atoms with Crippen LogP contribution in [0.1, 0.15) is 5.56 Å². The monoisotopic (exact) mass is 290 g/mol. The number of halogens is 3. The Hall–Kier alpha value is -1.60. The van der Waals surface area contributed by atoms with Crippen molar-refractivity contribution in [1.82, 2.24) is 4.90 Å². The van der Waals surface area contributed by atoms with Crippen LogP contribution in [0.25, 0.3) is 0 Å². The second-order valence-corrected chi connectivity index (χ2v) is 4.20. The average molecular weight is 290 g/mol. The first kappa shape index (κ1) is 16.5. The number of nitrogens with zero attached hydrogens (tertiary/aromatic N) is 1. The summed E-state index contributed by atoms with van der Waals surface area (Å²) in [6.45, 7) is -1.24. The van der Waals surface area contributed by atoms with E-state index in [0.29, 0.717) is 6.54 Å². The van der Waals surface area contributed by atoms with Crippen LogP contribution >= 0.6 is 0 Å². The van der Waals surface area contributed by atoms with Gasteiger partial charge in [-0.3, -0.25) is 4.79 Å². The first-order chi connectivity index (χ1) is 9.42. The molecule has 0 unspecified atom stereocenters. The van der Waals surface area contributed by atoms with E-state index < -0.39 is 25.3 Å². The second-order valence-electron chi connectivity index (χ2n) is 4.20. The molecule has 1 aromatic carbocycles. The van der Waals surface area contributed by atoms with Gasteiger partial charge in [0.2, 0.25) is 5.91 Å². The number of carbonyl (C=O) groups is 1. The molecular weight excluding hydrogens is 273 g/mol. The van der Waals surface area contributed by atoms with Gasteiger partial charge in [0.1, 0.15) is 13.2 Å². The highest BCUT2D eigenvalue weighted by Crippen LogP contribution is 2.14. The van der Waals surface area contributed by atoms with Gasteiger partial charge in [0, 0.05) is 19.6 Å². The molecule has 0 atom stereocenters. The number of hydrogen-bond acceptors (Lipinski definition) is 3. The van der Waals surface area contributed by atoms with Gasteiger partial charge in [-0.25, -0.2) is 0 Å². The molecular formula is C13H17F3N2O2. The fourth-order valence-corrected chi connectivity index (χ4v) is 1.60. The SMILES string of the molecule is NCCN(Cc1ccccc1)C(=O)COCC(F)(F)F. The summed E-state index contributed by atoms with van der Waals surface area (Å²) in [5.74, 6) is -0.511. The number of benzene rings is 1. The number of alkyl halides is 3. The Morgan fingerprint density at radius 2 is 1.90 bits per heavy atom. The maximum atomic E-state index is 11.9. The van der Waals surface area contributed by atoms with Crippen molar-refractivity contribution < 1.29 is 22.7 Å². The van der Waals surface area contributed by atoms with E-state index in [-0.39, 0.29) is 13.1 Å². The molecule has 0 spiro atoms. The van der Waals surface area contributed by atoms with Gasteiger partial charge < -0.3 is 15.4 Å². The fourth-order valence-electron chi connectivity index (χ4n) is 1.60. The lowest BCUT2D eigenvalue weighted by Gasteiger charge is -2.22. The molecule has 0 heterocycles. The van der Waals surface area contributed by atoms with Crippen LogP contribution in [0.4, 0.5) is 13.2 Å². The molecule has 1 aromatic rings. The average Bonchev–Trinajstić information content (AvgIpc) is 2.38. The maximum absolute atomic E-state index is 11.9. The van der Waals surface area contributed by atoms with Crippen LogP contribution in [0.2, 0.25) is 0 Å². The van der Waals surface area contributed by atoms with Crippen LogP contribution < -0.4 is 5.73 Å². The van der Waals surface area contributed by atoms with Crippen LogP contribution in [-0.2, 0) is 16.1 Å². The highest BCUT2D eigenvalue weighted by molar-refractivity contribution is 5.77. The molecule has 0 aromatic heterocycles. The highest BCUT2D eigenvalue weighted by atomic mass is 19.4. The fraction of sp³-hybridized carbons (Fsp3) is 0.462. The maximum Gasteiger partial charge on any atom is 0.411 e. The Labute approximate surface area is 115 Å². The predicted molar refractivity (Wildman–Crippen MR) is 67.8 cm³/mol. The lowest BCUT2D eigenvalue weighted by molar-refractivity contribution is -0.178. The third-order valence-electron chi connectivity index (χ3n) is 2.46. The molecule has 1 rings (SSSR count). The van der Waals surface area contributed by atoms with Crippen molar-refractivity contribution in [3.8, 4) is 0 Å². The van der Waals surface area contributed by atoms with Crippen LogP contribution in [0.3, 0.4) is 0 Å².